The van der Waals surface area contributed by atoms with E-state index in [1.165, 1.54) is 38.9 Å². The highest BCUT2D eigenvalue weighted by atomic mass is 32.2. The monoisotopic (exact) mass is 613 g/mol. The van der Waals surface area contributed by atoms with E-state index in [9.17, 15) is 4.79 Å². The van der Waals surface area contributed by atoms with Gasteiger partial charge >= 0.3 is 5.69 Å². The molecule has 2 heterocycles. The minimum absolute atomic E-state index is 0.0254. The summed E-state index contributed by atoms with van der Waals surface area (Å²) in [4.78, 5) is 18.6. The molecule has 0 amide bonds. The van der Waals surface area contributed by atoms with E-state index in [1.54, 1.807) is 18.3 Å². The minimum Gasteiger partial charge on any atom is -0.324 e. The van der Waals surface area contributed by atoms with Gasteiger partial charge in [0.05, 0.1) is 24.1 Å². The van der Waals surface area contributed by atoms with Crippen LogP contribution in [-0.4, -0.2) is 19.3 Å². The summed E-state index contributed by atoms with van der Waals surface area (Å²) in [6, 6.07) is 28.0. The first-order valence-corrected chi connectivity index (χ1v) is 15.5. The molecule has 0 aliphatic rings. The number of rotatable bonds is 11. The molecule has 6 nitrogen and oxygen atoms in total. The van der Waals surface area contributed by atoms with Gasteiger partial charge in [0.2, 0.25) is 0 Å². The second-order valence-corrected chi connectivity index (χ2v) is 12.7. The SMILES string of the molecule is CCn1c(CCC(F)(F)c2cccc(-c3ccc(NSc4ccccc4)cn3)c2)nn(Cc2ccc(C(C)(C)C)cc2)c1=O. The average molecular weight is 614 g/mol. The van der Waals surface area contributed by atoms with Crippen LogP contribution >= 0.6 is 11.9 Å². The zero-order chi connectivity index (χ0) is 31.3. The topological polar surface area (TPSA) is 64.7 Å². The number of halogens is 2. The van der Waals surface area contributed by atoms with Crippen LogP contribution in [0.5, 0.6) is 0 Å². The molecule has 1 N–H and O–H groups in total. The van der Waals surface area contributed by atoms with E-state index < -0.39 is 12.3 Å². The van der Waals surface area contributed by atoms with Gasteiger partial charge in [0.25, 0.3) is 5.92 Å². The standard InChI is InChI=1S/C35H37F2N5OS/c1-5-41-32(39-42(33(41)43)24-25-14-16-27(17-15-25)34(2,3)4)20-21-35(36,37)28-11-9-10-26(22-28)31-19-18-29(23-38-31)40-44-30-12-7-6-8-13-30/h6-19,22-23,40H,5,20-21,24H2,1-4H3. The van der Waals surface area contributed by atoms with Crippen LogP contribution in [0.15, 0.2) is 107 Å². The third-order valence-corrected chi connectivity index (χ3v) is 8.35. The predicted octanol–water partition coefficient (Wildman–Crippen LogP) is 8.32. The molecule has 0 unspecified atom stereocenters. The molecule has 0 spiro atoms. The molecule has 228 valence electrons. The van der Waals surface area contributed by atoms with Crippen molar-refractivity contribution in [3.63, 3.8) is 0 Å². The first kappa shape index (κ1) is 31.2. The number of anilines is 1. The Morgan fingerprint density at radius 3 is 2.30 bits per heavy atom. The number of pyridine rings is 1. The van der Waals surface area contributed by atoms with Crippen molar-refractivity contribution < 1.29 is 8.78 Å². The molecule has 3 aromatic carbocycles. The Labute approximate surface area is 261 Å². The quantitative estimate of drug-likeness (QED) is 0.152. The number of nitrogens with zero attached hydrogens (tertiary/aromatic N) is 4. The maximum Gasteiger partial charge on any atom is 0.346 e. The van der Waals surface area contributed by atoms with Crippen LogP contribution < -0.4 is 10.4 Å². The van der Waals surface area contributed by atoms with Crippen molar-refractivity contribution in [2.24, 2.45) is 0 Å². The fourth-order valence-electron chi connectivity index (χ4n) is 4.93. The van der Waals surface area contributed by atoms with Crippen molar-refractivity contribution in [3.8, 4) is 11.3 Å². The van der Waals surface area contributed by atoms with Crippen molar-refractivity contribution in [2.75, 3.05) is 4.72 Å². The molecule has 9 heteroatoms. The summed E-state index contributed by atoms with van der Waals surface area (Å²) in [5, 5.41) is 4.47. The van der Waals surface area contributed by atoms with Gasteiger partial charge < -0.3 is 4.72 Å². The molecule has 0 fully saturated rings. The third kappa shape index (κ3) is 7.45. The lowest BCUT2D eigenvalue weighted by Crippen LogP contribution is -2.25. The first-order valence-electron chi connectivity index (χ1n) is 14.7. The molecule has 0 bridgehead atoms. The van der Waals surface area contributed by atoms with Gasteiger partial charge in [-0.05, 0) is 65.7 Å². The van der Waals surface area contributed by atoms with E-state index in [4.69, 9.17) is 0 Å². The first-order chi connectivity index (χ1) is 21.0. The maximum absolute atomic E-state index is 15.5. The lowest BCUT2D eigenvalue weighted by Gasteiger charge is -2.19. The van der Waals surface area contributed by atoms with E-state index >= 15 is 8.78 Å². The Kier molecular flexibility index (Phi) is 9.34. The number of aromatic nitrogens is 4. The molecule has 2 aromatic heterocycles. The van der Waals surface area contributed by atoms with Gasteiger partial charge in [0.1, 0.15) is 5.82 Å². The van der Waals surface area contributed by atoms with E-state index in [2.05, 4.69) is 47.7 Å². The van der Waals surface area contributed by atoms with Crippen LogP contribution in [0.4, 0.5) is 14.5 Å². The van der Waals surface area contributed by atoms with Crippen molar-refractivity contribution in [3.05, 3.63) is 130 Å². The van der Waals surface area contributed by atoms with E-state index in [0.29, 0.717) is 23.6 Å². The van der Waals surface area contributed by atoms with Gasteiger partial charge in [-0.3, -0.25) is 9.55 Å². The largest absolute Gasteiger partial charge is 0.346 e. The van der Waals surface area contributed by atoms with Crippen LogP contribution in [0.2, 0.25) is 0 Å². The summed E-state index contributed by atoms with van der Waals surface area (Å²) < 4.78 is 37.2. The summed E-state index contributed by atoms with van der Waals surface area (Å²) in [7, 11) is 0. The highest BCUT2D eigenvalue weighted by Gasteiger charge is 2.32. The van der Waals surface area contributed by atoms with Crippen LogP contribution in [0.1, 0.15) is 56.6 Å². The van der Waals surface area contributed by atoms with Crippen LogP contribution in [0, 0.1) is 0 Å². The molecule has 0 saturated heterocycles. The Hall–Kier alpha value is -4.24. The molecule has 5 rings (SSSR count). The zero-order valence-corrected chi connectivity index (χ0v) is 26.2. The Balaban J connectivity index is 1.26. The normalized spacial score (nSPS) is 12.0. The Morgan fingerprint density at radius 1 is 0.886 bits per heavy atom. The molecule has 0 aliphatic carbocycles. The number of aryl methyl sites for hydroxylation is 1. The average Bonchev–Trinajstić information content (AvgIpc) is 3.33. The zero-order valence-electron chi connectivity index (χ0n) is 25.4. The van der Waals surface area contributed by atoms with Gasteiger partial charge in [0, 0.05) is 35.4 Å². The third-order valence-electron chi connectivity index (χ3n) is 7.50. The molecule has 0 atom stereocenters. The molecule has 5 aromatic rings. The minimum atomic E-state index is -3.12. The van der Waals surface area contributed by atoms with Gasteiger partial charge in [0.15, 0.2) is 0 Å². The van der Waals surface area contributed by atoms with Crippen molar-refractivity contribution in [1.82, 2.24) is 19.3 Å². The van der Waals surface area contributed by atoms with E-state index in [-0.39, 0.29) is 29.6 Å². The van der Waals surface area contributed by atoms with Gasteiger partial charge in [-0.15, -0.1) is 0 Å². The number of nitrogens with one attached hydrogen (secondary N) is 1. The predicted molar refractivity (Wildman–Crippen MR) is 174 cm³/mol. The fraction of sp³-hybridized carbons (Fsp3) is 0.286. The maximum atomic E-state index is 15.5. The molecule has 0 radical (unpaired) electrons. The smallest absolute Gasteiger partial charge is 0.324 e. The highest BCUT2D eigenvalue weighted by Crippen LogP contribution is 2.35. The summed E-state index contributed by atoms with van der Waals surface area (Å²) in [5.41, 5.74) is 3.79. The summed E-state index contributed by atoms with van der Waals surface area (Å²) >= 11 is 1.47. The van der Waals surface area contributed by atoms with Crippen molar-refractivity contribution >= 4 is 17.6 Å². The lowest BCUT2D eigenvalue weighted by molar-refractivity contribution is -0.0136. The Morgan fingerprint density at radius 2 is 1.64 bits per heavy atom. The number of hydrogen-bond acceptors (Lipinski definition) is 5. The lowest BCUT2D eigenvalue weighted by atomic mass is 9.87. The van der Waals surface area contributed by atoms with Gasteiger partial charge in [-0.1, -0.05) is 81.4 Å². The van der Waals surface area contributed by atoms with Crippen molar-refractivity contribution in [2.45, 2.75) is 69.9 Å². The molecular weight excluding hydrogens is 576 g/mol. The molecular formula is C35H37F2N5OS. The highest BCUT2D eigenvalue weighted by molar-refractivity contribution is 8.00. The summed E-state index contributed by atoms with van der Waals surface area (Å²) in [6.07, 6.45) is 1.18. The molecule has 0 aliphatic heterocycles. The van der Waals surface area contributed by atoms with E-state index in [1.807, 2.05) is 61.5 Å². The molecule has 0 saturated carbocycles. The number of hydrogen-bond donors (Lipinski definition) is 1. The summed E-state index contributed by atoms with van der Waals surface area (Å²) in [6.45, 7) is 8.91. The fourth-order valence-corrected chi connectivity index (χ4v) is 5.57. The second-order valence-electron chi connectivity index (χ2n) is 11.8. The van der Waals surface area contributed by atoms with Gasteiger partial charge in [-0.2, -0.15) is 5.10 Å². The van der Waals surface area contributed by atoms with Crippen LogP contribution in [0.3, 0.4) is 0 Å². The van der Waals surface area contributed by atoms with E-state index in [0.717, 1.165) is 16.1 Å². The van der Waals surface area contributed by atoms with Gasteiger partial charge in [-0.25, -0.2) is 18.3 Å². The Bertz CT molecular complexity index is 1740. The summed E-state index contributed by atoms with van der Waals surface area (Å²) in [5.74, 6) is -2.76. The second kappa shape index (κ2) is 13.2. The molecule has 44 heavy (non-hydrogen) atoms. The number of alkyl halides is 2. The number of benzene rings is 3. The van der Waals surface area contributed by atoms with Crippen LogP contribution in [-0.2, 0) is 30.8 Å². The van der Waals surface area contributed by atoms with Crippen molar-refractivity contribution in [1.29, 1.82) is 0 Å². The van der Waals surface area contributed by atoms with Crippen LogP contribution in [0.25, 0.3) is 11.3 Å².